The SMILES string of the molecule is C=CC(C)OC(=O)CCCCCC. The first-order valence-corrected chi connectivity index (χ1v) is 5.02. The van der Waals surface area contributed by atoms with Crippen molar-refractivity contribution >= 4 is 5.97 Å². The molecule has 0 aromatic heterocycles. The van der Waals surface area contributed by atoms with Crippen LogP contribution in [0, 0.1) is 0 Å². The molecule has 0 spiro atoms. The van der Waals surface area contributed by atoms with Crippen LogP contribution in [0.2, 0.25) is 0 Å². The average molecular weight is 184 g/mol. The Balaban J connectivity index is 3.35. The summed E-state index contributed by atoms with van der Waals surface area (Å²) in [6.45, 7) is 7.51. The van der Waals surface area contributed by atoms with Gasteiger partial charge in [0.15, 0.2) is 0 Å². The molecule has 0 radical (unpaired) electrons. The van der Waals surface area contributed by atoms with Gasteiger partial charge in [-0.25, -0.2) is 0 Å². The Morgan fingerprint density at radius 3 is 2.69 bits per heavy atom. The number of esters is 1. The zero-order chi connectivity index (χ0) is 10.1. The average Bonchev–Trinajstić information content (AvgIpc) is 2.12. The number of carbonyl (C=O) groups is 1. The van der Waals surface area contributed by atoms with Crippen LogP contribution in [0.4, 0.5) is 0 Å². The number of ether oxygens (including phenoxy) is 1. The van der Waals surface area contributed by atoms with Crippen molar-refractivity contribution < 1.29 is 9.53 Å². The van der Waals surface area contributed by atoms with Crippen molar-refractivity contribution in [2.24, 2.45) is 0 Å². The van der Waals surface area contributed by atoms with E-state index in [1.807, 2.05) is 6.92 Å². The van der Waals surface area contributed by atoms with E-state index in [1.54, 1.807) is 6.08 Å². The van der Waals surface area contributed by atoms with Crippen LogP contribution < -0.4 is 0 Å². The molecule has 2 heteroatoms. The van der Waals surface area contributed by atoms with Crippen LogP contribution in [0.5, 0.6) is 0 Å². The van der Waals surface area contributed by atoms with Gasteiger partial charge in [0.1, 0.15) is 6.10 Å². The first kappa shape index (κ1) is 12.2. The number of unbranched alkanes of at least 4 members (excludes halogenated alkanes) is 3. The van der Waals surface area contributed by atoms with E-state index in [9.17, 15) is 4.79 Å². The Morgan fingerprint density at radius 1 is 1.46 bits per heavy atom. The molecule has 13 heavy (non-hydrogen) atoms. The third-order valence-electron chi connectivity index (χ3n) is 1.88. The van der Waals surface area contributed by atoms with E-state index >= 15 is 0 Å². The largest absolute Gasteiger partial charge is 0.458 e. The lowest BCUT2D eigenvalue weighted by molar-refractivity contribution is -0.146. The zero-order valence-corrected chi connectivity index (χ0v) is 8.71. The molecule has 0 heterocycles. The smallest absolute Gasteiger partial charge is 0.306 e. The minimum Gasteiger partial charge on any atom is -0.458 e. The Kier molecular flexibility index (Phi) is 7.36. The van der Waals surface area contributed by atoms with Gasteiger partial charge < -0.3 is 4.74 Å². The van der Waals surface area contributed by atoms with Crippen molar-refractivity contribution in [1.29, 1.82) is 0 Å². The minimum atomic E-state index is -0.154. The van der Waals surface area contributed by atoms with Gasteiger partial charge in [-0.2, -0.15) is 0 Å². The quantitative estimate of drug-likeness (QED) is 0.345. The third-order valence-corrected chi connectivity index (χ3v) is 1.88. The van der Waals surface area contributed by atoms with Crippen LogP contribution in [0.25, 0.3) is 0 Å². The monoisotopic (exact) mass is 184 g/mol. The van der Waals surface area contributed by atoms with Gasteiger partial charge in [-0.05, 0) is 13.3 Å². The highest BCUT2D eigenvalue weighted by molar-refractivity contribution is 5.69. The maximum absolute atomic E-state index is 11.1. The molecule has 0 aromatic rings. The van der Waals surface area contributed by atoms with Gasteiger partial charge in [0.2, 0.25) is 0 Å². The number of rotatable bonds is 7. The van der Waals surface area contributed by atoms with Crippen molar-refractivity contribution in [3.63, 3.8) is 0 Å². The number of carbonyl (C=O) groups excluding carboxylic acids is 1. The molecule has 0 fully saturated rings. The summed E-state index contributed by atoms with van der Waals surface area (Å²) in [5.74, 6) is -0.108. The summed E-state index contributed by atoms with van der Waals surface area (Å²) in [7, 11) is 0. The standard InChI is InChI=1S/C11H20O2/c1-4-6-7-8-9-11(12)13-10(3)5-2/h5,10H,2,4,6-9H2,1,3H3. The van der Waals surface area contributed by atoms with Gasteiger partial charge in [0.25, 0.3) is 0 Å². The number of hydrogen-bond acceptors (Lipinski definition) is 2. The second-order valence-corrected chi connectivity index (χ2v) is 3.24. The van der Waals surface area contributed by atoms with Crippen molar-refractivity contribution in [1.82, 2.24) is 0 Å². The highest BCUT2D eigenvalue weighted by Crippen LogP contribution is 2.04. The molecule has 0 aliphatic heterocycles. The maximum Gasteiger partial charge on any atom is 0.306 e. The van der Waals surface area contributed by atoms with E-state index in [-0.39, 0.29) is 12.1 Å². The molecule has 0 saturated carbocycles. The van der Waals surface area contributed by atoms with E-state index < -0.39 is 0 Å². The Bertz CT molecular complexity index is 152. The summed E-state index contributed by atoms with van der Waals surface area (Å²) in [6, 6.07) is 0. The summed E-state index contributed by atoms with van der Waals surface area (Å²) < 4.78 is 5.02. The summed E-state index contributed by atoms with van der Waals surface area (Å²) in [6.07, 6.45) is 6.47. The molecule has 1 atom stereocenters. The normalized spacial score (nSPS) is 12.2. The topological polar surface area (TPSA) is 26.3 Å². The molecule has 0 rings (SSSR count). The van der Waals surface area contributed by atoms with Crippen molar-refractivity contribution in [2.45, 2.75) is 52.1 Å². The fourth-order valence-corrected chi connectivity index (χ4v) is 1.01. The fourth-order valence-electron chi connectivity index (χ4n) is 1.01. The molecule has 0 amide bonds. The maximum atomic E-state index is 11.1. The van der Waals surface area contributed by atoms with Gasteiger partial charge >= 0.3 is 5.97 Å². The second-order valence-electron chi connectivity index (χ2n) is 3.24. The van der Waals surface area contributed by atoms with Crippen LogP contribution in [0.3, 0.4) is 0 Å². The lowest BCUT2D eigenvalue weighted by Crippen LogP contribution is -2.11. The Hall–Kier alpha value is -0.790. The van der Waals surface area contributed by atoms with Gasteiger partial charge in [-0.15, -0.1) is 0 Å². The molecule has 0 aliphatic rings. The lowest BCUT2D eigenvalue weighted by Gasteiger charge is -2.07. The van der Waals surface area contributed by atoms with E-state index in [0.717, 1.165) is 12.8 Å². The van der Waals surface area contributed by atoms with Crippen molar-refractivity contribution in [2.75, 3.05) is 0 Å². The summed E-state index contributed by atoms with van der Waals surface area (Å²) >= 11 is 0. The van der Waals surface area contributed by atoms with Crippen LogP contribution in [0.15, 0.2) is 12.7 Å². The minimum absolute atomic E-state index is 0.108. The predicted octanol–water partition coefficient (Wildman–Crippen LogP) is 3.07. The Morgan fingerprint density at radius 2 is 2.15 bits per heavy atom. The van der Waals surface area contributed by atoms with Crippen LogP contribution >= 0.6 is 0 Å². The van der Waals surface area contributed by atoms with Crippen LogP contribution in [-0.4, -0.2) is 12.1 Å². The molecule has 0 N–H and O–H groups in total. The molecular formula is C11H20O2. The molecule has 0 saturated heterocycles. The Labute approximate surface area is 81.0 Å². The molecule has 0 bridgehead atoms. The highest BCUT2D eigenvalue weighted by Gasteiger charge is 2.04. The van der Waals surface area contributed by atoms with Crippen molar-refractivity contribution in [3.8, 4) is 0 Å². The molecule has 0 aliphatic carbocycles. The zero-order valence-electron chi connectivity index (χ0n) is 8.71. The molecule has 76 valence electrons. The molecular weight excluding hydrogens is 164 g/mol. The van der Waals surface area contributed by atoms with E-state index in [0.29, 0.717) is 6.42 Å². The first-order chi connectivity index (χ1) is 6.20. The highest BCUT2D eigenvalue weighted by atomic mass is 16.5. The first-order valence-electron chi connectivity index (χ1n) is 5.02. The molecule has 1 unspecified atom stereocenters. The van der Waals surface area contributed by atoms with Crippen LogP contribution in [-0.2, 0) is 9.53 Å². The predicted molar refractivity (Wildman–Crippen MR) is 54.5 cm³/mol. The van der Waals surface area contributed by atoms with Crippen LogP contribution in [0.1, 0.15) is 46.0 Å². The van der Waals surface area contributed by atoms with E-state index in [4.69, 9.17) is 4.74 Å². The van der Waals surface area contributed by atoms with E-state index in [2.05, 4.69) is 13.5 Å². The van der Waals surface area contributed by atoms with E-state index in [1.165, 1.54) is 12.8 Å². The lowest BCUT2D eigenvalue weighted by atomic mass is 10.1. The fraction of sp³-hybridized carbons (Fsp3) is 0.727. The van der Waals surface area contributed by atoms with Gasteiger partial charge in [0.05, 0.1) is 0 Å². The number of hydrogen-bond donors (Lipinski definition) is 0. The molecule has 0 aromatic carbocycles. The second kappa shape index (κ2) is 7.84. The van der Waals surface area contributed by atoms with Gasteiger partial charge in [-0.3, -0.25) is 4.79 Å². The van der Waals surface area contributed by atoms with Gasteiger partial charge in [-0.1, -0.05) is 38.8 Å². The van der Waals surface area contributed by atoms with Crippen molar-refractivity contribution in [3.05, 3.63) is 12.7 Å². The van der Waals surface area contributed by atoms with Gasteiger partial charge in [0, 0.05) is 6.42 Å². The summed E-state index contributed by atoms with van der Waals surface area (Å²) in [5, 5.41) is 0. The summed E-state index contributed by atoms with van der Waals surface area (Å²) in [5.41, 5.74) is 0. The third kappa shape index (κ3) is 7.57. The summed E-state index contributed by atoms with van der Waals surface area (Å²) in [4.78, 5) is 11.1. The molecule has 2 nitrogen and oxygen atoms in total.